The van der Waals surface area contributed by atoms with Crippen LogP contribution in [0.2, 0.25) is 5.02 Å². The van der Waals surface area contributed by atoms with E-state index >= 15 is 0 Å². The van der Waals surface area contributed by atoms with E-state index in [1.165, 1.54) is 0 Å². The van der Waals surface area contributed by atoms with Gasteiger partial charge in [-0.1, -0.05) is 48.0 Å². The lowest BCUT2D eigenvalue weighted by molar-refractivity contribution is 0.0926. The molecule has 0 saturated carbocycles. The van der Waals surface area contributed by atoms with E-state index in [4.69, 9.17) is 22.3 Å². The standard InChI is InChI=1S/C24H20ClN5O/c25-18-12-17(11-15-7-4-9-28-19(15)18)21-20(14-5-2-1-3-6-14)30-24(26)22(29-21)23(31)16-8-10-27-13-16/h1-7,9,11-12,16,27H,8,10,13H2,(H2,26,30). The van der Waals surface area contributed by atoms with Gasteiger partial charge < -0.3 is 11.1 Å². The molecular formula is C24H20ClN5O. The van der Waals surface area contributed by atoms with Gasteiger partial charge in [-0.05, 0) is 31.2 Å². The molecule has 3 heterocycles. The lowest BCUT2D eigenvalue weighted by Gasteiger charge is -2.15. The number of pyridine rings is 1. The second kappa shape index (κ2) is 8.06. The Morgan fingerprint density at radius 2 is 1.84 bits per heavy atom. The maximum Gasteiger partial charge on any atom is 0.189 e. The Kier molecular flexibility index (Phi) is 5.10. The first-order valence-electron chi connectivity index (χ1n) is 10.1. The lowest BCUT2D eigenvalue weighted by Crippen LogP contribution is -2.21. The van der Waals surface area contributed by atoms with Gasteiger partial charge in [-0.25, -0.2) is 9.97 Å². The fourth-order valence-corrected chi connectivity index (χ4v) is 4.26. The van der Waals surface area contributed by atoms with Crippen molar-refractivity contribution in [3.8, 4) is 22.5 Å². The fourth-order valence-electron chi connectivity index (χ4n) is 3.98. The molecule has 3 N–H and O–H groups in total. The monoisotopic (exact) mass is 429 g/mol. The minimum absolute atomic E-state index is 0.0792. The zero-order valence-corrected chi connectivity index (χ0v) is 17.4. The molecule has 0 amide bonds. The average Bonchev–Trinajstić information content (AvgIpc) is 3.34. The molecule has 7 heteroatoms. The Hall–Kier alpha value is -3.35. The van der Waals surface area contributed by atoms with Crippen molar-refractivity contribution in [3.63, 3.8) is 0 Å². The van der Waals surface area contributed by atoms with Crippen LogP contribution < -0.4 is 11.1 Å². The quantitative estimate of drug-likeness (QED) is 0.467. The molecule has 1 saturated heterocycles. The van der Waals surface area contributed by atoms with Gasteiger partial charge >= 0.3 is 0 Å². The molecule has 0 aliphatic carbocycles. The van der Waals surface area contributed by atoms with Gasteiger partial charge in [0.15, 0.2) is 11.6 Å². The number of carbonyl (C=O) groups excluding carboxylic acids is 1. The average molecular weight is 430 g/mol. The Balaban J connectivity index is 1.73. The number of ketones is 1. The van der Waals surface area contributed by atoms with Crippen LogP contribution >= 0.6 is 11.6 Å². The summed E-state index contributed by atoms with van der Waals surface area (Å²) in [6.45, 7) is 1.44. The third kappa shape index (κ3) is 3.65. The highest BCUT2D eigenvalue weighted by molar-refractivity contribution is 6.35. The number of fused-ring (bicyclic) bond motifs is 1. The van der Waals surface area contributed by atoms with Crippen LogP contribution in [0.3, 0.4) is 0 Å². The van der Waals surface area contributed by atoms with E-state index < -0.39 is 0 Å². The number of hydrogen-bond donors (Lipinski definition) is 2. The highest BCUT2D eigenvalue weighted by Crippen LogP contribution is 2.35. The van der Waals surface area contributed by atoms with Crippen molar-refractivity contribution in [1.82, 2.24) is 20.3 Å². The molecule has 0 spiro atoms. The van der Waals surface area contributed by atoms with Gasteiger partial charge in [-0.15, -0.1) is 0 Å². The molecule has 6 nitrogen and oxygen atoms in total. The van der Waals surface area contributed by atoms with E-state index in [2.05, 4.69) is 15.3 Å². The van der Waals surface area contributed by atoms with Crippen LogP contribution in [-0.4, -0.2) is 33.8 Å². The number of aromatic nitrogens is 3. The van der Waals surface area contributed by atoms with Gasteiger partial charge in [-0.3, -0.25) is 9.78 Å². The molecule has 1 fully saturated rings. The van der Waals surface area contributed by atoms with Crippen molar-refractivity contribution in [2.45, 2.75) is 6.42 Å². The van der Waals surface area contributed by atoms with E-state index in [9.17, 15) is 4.79 Å². The molecule has 2 aromatic carbocycles. The second-order valence-electron chi connectivity index (χ2n) is 7.61. The van der Waals surface area contributed by atoms with Crippen LogP contribution in [0.5, 0.6) is 0 Å². The molecular weight excluding hydrogens is 410 g/mol. The summed E-state index contributed by atoms with van der Waals surface area (Å²) < 4.78 is 0. The van der Waals surface area contributed by atoms with Crippen molar-refractivity contribution in [1.29, 1.82) is 0 Å². The van der Waals surface area contributed by atoms with E-state index in [0.29, 0.717) is 28.5 Å². The summed E-state index contributed by atoms with van der Waals surface area (Å²) in [6.07, 6.45) is 2.47. The molecule has 0 radical (unpaired) electrons. The Labute approximate surface area is 184 Å². The summed E-state index contributed by atoms with van der Waals surface area (Å²) >= 11 is 6.54. The van der Waals surface area contributed by atoms with Gasteiger partial charge in [-0.2, -0.15) is 0 Å². The molecule has 1 aliphatic rings. The molecule has 31 heavy (non-hydrogen) atoms. The number of halogens is 1. The Morgan fingerprint density at radius 1 is 1.03 bits per heavy atom. The summed E-state index contributed by atoms with van der Waals surface area (Å²) in [6, 6.07) is 17.3. The van der Waals surface area contributed by atoms with E-state index in [1.807, 2.05) is 54.6 Å². The zero-order valence-electron chi connectivity index (χ0n) is 16.7. The molecule has 5 rings (SSSR count). The number of benzene rings is 2. The molecule has 1 atom stereocenters. The normalized spacial score (nSPS) is 16.0. The minimum Gasteiger partial charge on any atom is -0.382 e. The van der Waals surface area contributed by atoms with Crippen molar-refractivity contribution in [2.24, 2.45) is 5.92 Å². The topological polar surface area (TPSA) is 93.8 Å². The highest BCUT2D eigenvalue weighted by Gasteiger charge is 2.28. The number of nitrogens with two attached hydrogens (primary N) is 1. The van der Waals surface area contributed by atoms with Gasteiger partial charge in [0, 0.05) is 35.2 Å². The van der Waals surface area contributed by atoms with Crippen molar-refractivity contribution in [2.75, 3.05) is 18.8 Å². The van der Waals surface area contributed by atoms with E-state index in [1.54, 1.807) is 6.20 Å². The maximum absolute atomic E-state index is 13.1. The lowest BCUT2D eigenvalue weighted by atomic mass is 9.98. The highest BCUT2D eigenvalue weighted by atomic mass is 35.5. The van der Waals surface area contributed by atoms with Gasteiger partial charge in [0.1, 0.15) is 5.69 Å². The number of anilines is 1. The van der Waals surface area contributed by atoms with Gasteiger partial charge in [0.2, 0.25) is 0 Å². The number of carbonyl (C=O) groups is 1. The summed E-state index contributed by atoms with van der Waals surface area (Å²) in [4.78, 5) is 26.9. The molecule has 0 bridgehead atoms. The van der Waals surface area contributed by atoms with E-state index in [-0.39, 0.29) is 23.2 Å². The second-order valence-corrected chi connectivity index (χ2v) is 8.02. The first-order chi connectivity index (χ1) is 15.1. The van der Waals surface area contributed by atoms with Crippen molar-refractivity contribution in [3.05, 3.63) is 71.5 Å². The first kappa shape index (κ1) is 19.6. The van der Waals surface area contributed by atoms with Crippen LogP contribution in [0.25, 0.3) is 33.4 Å². The van der Waals surface area contributed by atoms with Crippen molar-refractivity contribution < 1.29 is 4.79 Å². The molecule has 1 unspecified atom stereocenters. The van der Waals surface area contributed by atoms with Gasteiger partial charge in [0.05, 0.1) is 21.9 Å². The summed E-state index contributed by atoms with van der Waals surface area (Å²) in [5.41, 5.74) is 9.97. The summed E-state index contributed by atoms with van der Waals surface area (Å²) in [5, 5.41) is 4.62. The van der Waals surface area contributed by atoms with E-state index in [0.717, 1.165) is 29.5 Å². The van der Waals surface area contributed by atoms with Crippen LogP contribution in [0, 0.1) is 5.92 Å². The zero-order chi connectivity index (χ0) is 21.4. The third-order valence-electron chi connectivity index (χ3n) is 5.57. The minimum atomic E-state index is -0.142. The number of nitrogen functional groups attached to an aromatic ring is 1. The van der Waals surface area contributed by atoms with Crippen LogP contribution in [0.15, 0.2) is 60.8 Å². The molecule has 4 aromatic rings. The number of rotatable bonds is 4. The SMILES string of the molecule is Nc1nc(-c2ccccc2)c(-c2cc(Cl)c3ncccc3c2)nc1C(=O)C1CCNC1. The predicted octanol–water partition coefficient (Wildman–Crippen LogP) is 4.39. The predicted molar refractivity (Wildman–Crippen MR) is 123 cm³/mol. The number of nitrogens with zero attached hydrogens (tertiary/aromatic N) is 3. The number of nitrogens with one attached hydrogen (secondary N) is 1. The Bertz CT molecular complexity index is 1290. The number of Topliss-reactive ketones (excluding diaryl/α,β-unsaturated/α-hetero) is 1. The third-order valence-corrected chi connectivity index (χ3v) is 5.85. The van der Waals surface area contributed by atoms with Gasteiger partial charge in [0.25, 0.3) is 0 Å². The number of hydrogen-bond acceptors (Lipinski definition) is 6. The van der Waals surface area contributed by atoms with Crippen LogP contribution in [0.1, 0.15) is 16.9 Å². The first-order valence-corrected chi connectivity index (χ1v) is 10.5. The summed E-state index contributed by atoms with van der Waals surface area (Å²) in [5.74, 6) is -0.0751. The largest absolute Gasteiger partial charge is 0.382 e. The van der Waals surface area contributed by atoms with Crippen LogP contribution in [0.4, 0.5) is 5.82 Å². The van der Waals surface area contributed by atoms with Crippen molar-refractivity contribution >= 4 is 34.1 Å². The molecule has 154 valence electrons. The molecule has 2 aromatic heterocycles. The smallest absolute Gasteiger partial charge is 0.189 e. The maximum atomic E-state index is 13.1. The molecule has 1 aliphatic heterocycles. The fraction of sp³-hybridized carbons (Fsp3) is 0.167. The Morgan fingerprint density at radius 3 is 2.61 bits per heavy atom. The summed E-state index contributed by atoms with van der Waals surface area (Å²) in [7, 11) is 0. The van der Waals surface area contributed by atoms with Crippen LogP contribution in [-0.2, 0) is 0 Å².